The maximum absolute atomic E-state index is 12.9. The molecule has 0 unspecified atom stereocenters. The molecule has 2 saturated heterocycles. The van der Waals surface area contributed by atoms with Crippen LogP contribution in [0.25, 0.3) is 5.76 Å². The second-order valence-corrected chi connectivity index (χ2v) is 7.61. The van der Waals surface area contributed by atoms with E-state index in [9.17, 15) is 14.7 Å². The van der Waals surface area contributed by atoms with Crippen LogP contribution in [0.5, 0.6) is 0 Å². The Kier molecular flexibility index (Phi) is 6.01. The normalized spacial score (nSPS) is 22.0. The number of hydrogen-bond acceptors (Lipinski definition) is 6. The summed E-state index contributed by atoms with van der Waals surface area (Å²) in [6, 6.07) is 11.6. The van der Waals surface area contributed by atoms with Gasteiger partial charge in [-0.05, 0) is 25.5 Å². The minimum Gasteiger partial charge on any atom is -0.507 e. The summed E-state index contributed by atoms with van der Waals surface area (Å²) in [6.45, 7) is 6.19. The number of amides is 1. The van der Waals surface area contributed by atoms with Gasteiger partial charge < -0.3 is 19.2 Å². The fraction of sp³-hybridized carbons (Fsp3) is 0.391. The van der Waals surface area contributed by atoms with Gasteiger partial charge in [0.1, 0.15) is 23.3 Å². The third-order valence-electron chi connectivity index (χ3n) is 5.59. The van der Waals surface area contributed by atoms with E-state index in [0.29, 0.717) is 43.3 Å². The molecule has 1 aromatic heterocycles. The number of carbonyl (C=O) groups is 2. The predicted molar refractivity (Wildman–Crippen MR) is 111 cm³/mol. The van der Waals surface area contributed by atoms with Gasteiger partial charge in [0.2, 0.25) is 0 Å². The first-order valence-electron chi connectivity index (χ1n) is 10.3. The van der Waals surface area contributed by atoms with Crippen molar-refractivity contribution in [2.24, 2.45) is 0 Å². The molecule has 2 aromatic rings. The summed E-state index contributed by atoms with van der Waals surface area (Å²) >= 11 is 0. The second-order valence-electron chi connectivity index (χ2n) is 7.61. The SMILES string of the molecule is Cc1ccc([C@@H]2C(=C(O)c3ccccc3)C(=O)C(=O)N2CCCN2CCOCC2)o1. The van der Waals surface area contributed by atoms with Crippen molar-refractivity contribution < 1.29 is 23.8 Å². The number of carbonyl (C=O) groups excluding carboxylic acids is 2. The molecule has 4 rings (SSSR count). The molecular weight excluding hydrogens is 384 g/mol. The van der Waals surface area contributed by atoms with E-state index >= 15 is 0 Å². The molecule has 0 aliphatic carbocycles. The van der Waals surface area contributed by atoms with E-state index in [1.807, 2.05) is 13.0 Å². The lowest BCUT2D eigenvalue weighted by Gasteiger charge is -2.28. The Morgan fingerprint density at radius 3 is 2.47 bits per heavy atom. The summed E-state index contributed by atoms with van der Waals surface area (Å²) in [6.07, 6.45) is 0.717. The smallest absolute Gasteiger partial charge is 0.295 e. The molecule has 1 N–H and O–H groups in total. The van der Waals surface area contributed by atoms with Gasteiger partial charge in [-0.15, -0.1) is 0 Å². The number of morpholine rings is 1. The lowest BCUT2D eigenvalue weighted by atomic mass is 9.99. The summed E-state index contributed by atoms with van der Waals surface area (Å²) in [5, 5.41) is 10.9. The van der Waals surface area contributed by atoms with Crippen molar-refractivity contribution in [1.82, 2.24) is 9.80 Å². The van der Waals surface area contributed by atoms with Crippen LogP contribution < -0.4 is 0 Å². The number of rotatable bonds is 6. The maximum atomic E-state index is 12.9. The Labute approximate surface area is 175 Å². The van der Waals surface area contributed by atoms with Crippen molar-refractivity contribution in [3.63, 3.8) is 0 Å². The molecular formula is C23H26N2O5. The molecule has 2 aliphatic rings. The maximum Gasteiger partial charge on any atom is 0.295 e. The number of aliphatic hydroxyl groups excluding tert-OH is 1. The monoisotopic (exact) mass is 410 g/mol. The molecule has 0 saturated carbocycles. The topological polar surface area (TPSA) is 83.2 Å². The van der Waals surface area contributed by atoms with Crippen LogP contribution in [0.2, 0.25) is 0 Å². The minimum absolute atomic E-state index is 0.0759. The van der Waals surface area contributed by atoms with E-state index in [-0.39, 0.29) is 11.3 Å². The van der Waals surface area contributed by atoms with Crippen molar-refractivity contribution in [2.75, 3.05) is 39.4 Å². The number of likely N-dealkylation sites (tertiary alicyclic amines) is 1. The first kappa shape index (κ1) is 20.4. The van der Waals surface area contributed by atoms with Crippen molar-refractivity contribution in [1.29, 1.82) is 0 Å². The van der Waals surface area contributed by atoms with Gasteiger partial charge in [-0.25, -0.2) is 0 Å². The fourth-order valence-electron chi connectivity index (χ4n) is 4.05. The molecule has 2 aliphatic heterocycles. The van der Waals surface area contributed by atoms with Gasteiger partial charge in [-0.1, -0.05) is 30.3 Å². The Morgan fingerprint density at radius 2 is 1.80 bits per heavy atom. The fourth-order valence-corrected chi connectivity index (χ4v) is 4.05. The van der Waals surface area contributed by atoms with Gasteiger partial charge in [0, 0.05) is 31.7 Å². The van der Waals surface area contributed by atoms with E-state index in [2.05, 4.69) is 4.90 Å². The average molecular weight is 410 g/mol. The van der Waals surface area contributed by atoms with E-state index < -0.39 is 17.7 Å². The van der Waals surface area contributed by atoms with Gasteiger partial charge in [-0.3, -0.25) is 14.5 Å². The first-order chi connectivity index (χ1) is 14.6. The molecule has 30 heavy (non-hydrogen) atoms. The highest BCUT2D eigenvalue weighted by Crippen LogP contribution is 2.40. The number of Topliss-reactive ketones (excluding diaryl/α,β-unsaturated/α-hetero) is 1. The molecule has 1 atom stereocenters. The van der Waals surface area contributed by atoms with Crippen LogP contribution in [-0.2, 0) is 14.3 Å². The van der Waals surface area contributed by atoms with E-state index in [0.717, 1.165) is 19.6 Å². The molecule has 7 heteroatoms. The summed E-state index contributed by atoms with van der Waals surface area (Å²) < 4.78 is 11.2. The number of aryl methyl sites for hydroxylation is 1. The summed E-state index contributed by atoms with van der Waals surface area (Å²) in [4.78, 5) is 29.6. The zero-order valence-corrected chi connectivity index (χ0v) is 17.0. The van der Waals surface area contributed by atoms with Crippen LogP contribution in [0.3, 0.4) is 0 Å². The van der Waals surface area contributed by atoms with Crippen molar-refractivity contribution in [3.05, 3.63) is 65.1 Å². The molecule has 0 spiro atoms. The number of benzene rings is 1. The molecule has 7 nitrogen and oxygen atoms in total. The van der Waals surface area contributed by atoms with E-state index in [4.69, 9.17) is 9.15 Å². The van der Waals surface area contributed by atoms with Gasteiger partial charge in [0.25, 0.3) is 11.7 Å². The number of ketones is 1. The Hall–Kier alpha value is -2.90. The minimum atomic E-state index is -0.733. The van der Waals surface area contributed by atoms with Crippen LogP contribution in [0.15, 0.2) is 52.5 Å². The van der Waals surface area contributed by atoms with Gasteiger partial charge >= 0.3 is 0 Å². The second kappa shape index (κ2) is 8.85. The molecule has 158 valence electrons. The zero-order valence-electron chi connectivity index (χ0n) is 17.0. The molecule has 0 radical (unpaired) electrons. The van der Waals surface area contributed by atoms with Gasteiger partial charge in [0.05, 0.1) is 18.8 Å². The van der Waals surface area contributed by atoms with Crippen molar-refractivity contribution >= 4 is 17.4 Å². The third kappa shape index (κ3) is 4.04. The summed E-state index contributed by atoms with van der Waals surface area (Å²) in [5.74, 6) is -0.293. The predicted octanol–water partition coefficient (Wildman–Crippen LogP) is 2.73. The lowest BCUT2D eigenvalue weighted by molar-refractivity contribution is -0.140. The summed E-state index contributed by atoms with van der Waals surface area (Å²) in [5.41, 5.74) is 0.573. The van der Waals surface area contributed by atoms with Crippen LogP contribution in [-0.4, -0.2) is 66.0 Å². The largest absolute Gasteiger partial charge is 0.507 e. The van der Waals surface area contributed by atoms with Crippen LogP contribution in [0, 0.1) is 6.92 Å². The van der Waals surface area contributed by atoms with Gasteiger partial charge in [0.15, 0.2) is 0 Å². The molecule has 1 amide bonds. The first-order valence-corrected chi connectivity index (χ1v) is 10.3. The number of aliphatic hydroxyl groups is 1. The van der Waals surface area contributed by atoms with Crippen molar-refractivity contribution in [3.8, 4) is 0 Å². The lowest BCUT2D eigenvalue weighted by Crippen LogP contribution is -2.38. The zero-order chi connectivity index (χ0) is 21.1. The Bertz CT molecular complexity index is 944. The Balaban J connectivity index is 1.63. The quantitative estimate of drug-likeness (QED) is 0.448. The number of furan rings is 1. The molecule has 1 aromatic carbocycles. The summed E-state index contributed by atoms with van der Waals surface area (Å²) in [7, 11) is 0. The third-order valence-corrected chi connectivity index (χ3v) is 5.59. The highest BCUT2D eigenvalue weighted by molar-refractivity contribution is 6.46. The van der Waals surface area contributed by atoms with Crippen LogP contribution in [0.1, 0.15) is 29.5 Å². The van der Waals surface area contributed by atoms with Crippen LogP contribution in [0.4, 0.5) is 0 Å². The van der Waals surface area contributed by atoms with E-state index in [1.54, 1.807) is 36.4 Å². The van der Waals surface area contributed by atoms with Crippen LogP contribution >= 0.6 is 0 Å². The average Bonchev–Trinajstić information content (AvgIpc) is 3.31. The van der Waals surface area contributed by atoms with Crippen molar-refractivity contribution in [2.45, 2.75) is 19.4 Å². The number of ether oxygens (including phenoxy) is 1. The van der Waals surface area contributed by atoms with Gasteiger partial charge in [-0.2, -0.15) is 0 Å². The number of hydrogen-bond donors (Lipinski definition) is 1. The van der Waals surface area contributed by atoms with E-state index in [1.165, 1.54) is 4.90 Å². The Morgan fingerprint density at radius 1 is 1.07 bits per heavy atom. The highest BCUT2D eigenvalue weighted by atomic mass is 16.5. The molecule has 0 bridgehead atoms. The standard InChI is InChI=1S/C23H26N2O5/c1-16-8-9-18(30-16)20-19(21(26)17-6-3-2-4-7-17)22(27)23(28)25(20)11-5-10-24-12-14-29-15-13-24/h2-4,6-9,20,26H,5,10-15H2,1H3/t20-/m1/s1. The number of nitrogens with zero attached hydrogens (tertiary/aromatic N) is 2. The highest BCUT2D eigenvalue weighted by Gasteiger charge is 2.47. The molecule has 3 heterocycles. The molecule has 2 fully saturated rings.